The van der Waals surface area contributed by atoms with Gasteiger partial charge in [0, 0.05) is 23.5 Å². The number of benzene rings is 1. The van der Waals surface area contributed by atoms with Crippen molar-refractivity contribution in [2.75, 3.05) is 18.1 Å². The van der Waals surface area contributed by atoms with Gasteiger partial charge in [-0.1, -0.05) is 6.92 Å². The molecule has 3 heterocycles. The third-order valence-corrected chi connectivity index (χ3v) is 8.95. The van der Waals surface area contributed by atoms with Gasteiger partial charge in [-0.15, -0.1) is 0 Å². The molecule has 36 heavy (non-hydrogen) atoms. The highest BCUT2D eigenvalue weighted by Crippen LogP contribution is 2.37. The minimum Gasteiger partial charge on any atom is -0.478 e. The van der Waals surface area contributed by atoms with Crippen LogP contribution in [0.5, 0.6) is 5.88 Å². The topological polar surface area (TPSA) is 120 Å². The molecule has 1 N–H and O–H groups in total. The minimum absolute atomic E-state index is 0.0421. The van der Waals surface area contributed by atoms with E-state index < -0.39 is 38.4 Å². The molecular weight excluding hydrogens is 489 g/mol. The normalized spacial score (nSPS) is 17.5. The molecule has 1 saturated heterocycles. The van der Waals surface area contributed by atoms with E-state index in [1.54, 1.807) is 46.8 Å². The molecule has 2 aromatic heterocycles. The van der Waals surface area contributed by atoms with Crippen LogP contribution in [0.2, 0.25) is 0 Å². The van der Waals surface area contributed by atoms with Crippen LogP contribution in [-0.4, -0.2) is 57.1 Å². The Bertz CT molecular complexity index is 1510. The van der Waals surface area contributed by atoms with Crippen LogP contribution in [0.25, 0.3) is 16.7 Å². The van der Waals surface area contributed by atoms with Crippen molar-refractivity contribution in [3.8, 4) is 11.6 Å². The molecule has 1 fully saturated rings. The zero-order chi connectivity index (χ0) is 26.6. The molecule has 0 radical (unpaired) electrons. The fourth-order valence-corrected chi connectivity index (χ4v) is 6.98. The lowest BCUT2D eigenvalue weighted by Gasteiger charge is -2.37. The molecule has 0 amide bonds. The van der Waals surface area contributed by atoms with E-state index in [0.717, 1.165) is 6.20 Å². The van der Waals surface area contributed by atoms with E-state index in [0.29, 0.717) is 23.2 Å². The highest BCUT2D eigenvalue weighted by atomic mass is 32.2. The SMILES string of the molecule is CCOc1cc(-n2c(=O)n([C@@H](C)C(C)(C)O)c3cc(C(=O)CC4(C)CS(=O)(=O)C4)ccc32)c(F)cn1. The van der Waals surface area contributed by atoms with E-state index in [1.807, 2.05) is 0 Å². The lowest BCUT2D eigenvalue weighted by Crippen LogP contribution is -2.47. The molecule has 0 spiro atoms. The number of imidazole rings is 1. The number of ketones is 1. The first-order valence-corrected chi connectivity index (χ1v) is 13.5. The number of ether oxygens (including phenoxy) is 1. The zero-order valence-corrected chi connectivity index (χ0v) is 21.7. The maximum Gasteiger partial charge on any atom is 0.334 e. The van der Waals surface area contributed by atoms with Crippen LogP contribution in [0.1, 0.15) is 57.4 Å². The Morgan fingerprint density at radius 1 is 1.28 bits per heavy atom. The van der Waals surface area contributed by atoms with Crippen LogP contribution in [0, 0.1) is 11.2 Å². The molecule has 0 unspecified atom stereocenters. The van der Waals surface area contributed by atoms with Gasteiger partial charge in [-0.25, -0.2) is 22.6 Å². The van der Waals surface area contributed by atoms with Crippen LogP contribution >= 0.6 is 0 Å². The van der Waals surface area contributed by atoms with Crippen molar-refractivity contribution in [2.45, 2.75) is 52.7 Å². The number of carbonyl (C=O) groups is 1. The molecule has 1 aliphatic rings. The van der Waals surface area contributed by atoms with Crippen LogP contribution in [0.3, 0.4) is 0 Å². The van der Waals surface area contributed by atoms with Crippen molar-refractivity contribution in [3.63, 3.8) is 0 Å². The lowest BCUT2D eigenvalue weighted by molar-refractivity contribution is 0.0307. The van der Waals surface area contributed by atoms with Crippen LogP contribution in [0.4, 0.5) is 4.39 Å². The maximum absolute atomic E-state index is 14.9. The number of pyridine rings is 1. The molecule has 1 atom stereocenters. The molecule has 3 aromatic rings. The molecule has 1 aromatic carbocycles. The summed E-state index contributed by atoms with van der Waals surface area (Å²) in [5, 5.41) is 10.7. The fraction of sp³-hybridized carbons (Fsp3) is 0.480. The van der Waals surface area contributed by atoms with Crippen molar-refractivity contribution in [2.24, 2.45) is 5.41 Å². The first-order valence-electron chi connectivity index (χ1n) is 11.7. The number of hydrogen-bond donors (Lipinski definition) is 1. The Balaban J connectivity index is 1.89. The van der Waals surface area contributed by atoms with Crippen LogP contribution in [0.15, 0.2) is 35.3 Å². The van der Waals surface area contributed by atoms with Gasteiger partial charge >= 0.3 is 5.69 Å². The van der Waals surface area contributed by atoms with Gasteiger partial charge in [0.1, 0.15) is 0 Å². The number of rotatable bonds is 8. The molecule has 4 rings (SSSR count). The molecular formula is C25H30FN3O6S. The van der Waals surface area contributed by atoms with E-state index in [2.05, 4.69) is 4.98 Å². The third kappa shape index (κ3) is 4.69. The Morgan fingerprint density at radius 2 is 1.94 bits per heavy atom. The second-order valence-corrected chi connectivity index (χ2v) is 12.4. The summed E-state index contributed by atoms with van der Waals surface area (Å²) in [4.78, 5) is 30.7. The molecule has 0 bridgehead atoms. The first kappa shape index (κ1) is 26.0. The van der Waals surface area contributed by atoms with E-state index in [4.69, 9.17) is 4.74 Å². The van der Waals surface area contributed by atoms with Crippen molar-refractivity contribution >= 4 is 26.7 Å². The standard InChI is InChI=1S/C25H30FN3O6S/c1-6-35-22-10-19(17(26)12-27-22)29-18-8-7-16(21(30)11-25(5)13-36(33,34)14-25)9-20(18)28(23(29)31)15(2)24(3,4)32/h7-10,12,15,32H,6,11,13-14H2,1-5H3/t15-/m0/s1. The molecule has 0 aliphatic carbocycles. The molecule has 9 nitrogen and oxygen atoms in total. The average Bonchev–Trinajstić information content (AvgIpc) is 3.03. The largest absolute Gasteiger partial charge is 0.478 e. The van der Waals surface area contributed by atoms with Gasteiger partial charge in [0.05, 0.1) is 52.7 Å². The van der Waals surface area contributed by atoms with E-state index in [9.17, 15) is 27.5 Å². The smallest absolute Gasteiger partial charge is 0.334 e. The summed E-state index contributed by atoms with van der Waals surface area (Å²) in [6.07, 6.45) is 1.01. The van der Waals surface area contributed by atoms with E-state index >= 15 is 0 Å². The maximum atomic E-state index is 14.9. The van der Waals surface area contributed by atoms with E-state index in [-0.39, 0.29) is 35.3 Å². The summed E-state index contributed by atoms with van der Waals surface area (Å²) >= 11 is 0. The van der Waals surface area contributed by atoms with Crippen molar-refractivity contribution in [1.82, 2.24) is 14.1 Å². The van der Waals surface area contributed by atoms with Crippen molar-refractivity contribution in [1.29, 1.82) is 0 Å². The van der Waals surface area contributed by atoms with Crippen LogP contribution < -0.4 is 10.4 Å². The van der Waals surface area contributed by atoms with Crippen molar-refractivity contribution in [3.05, 3.63) is 52.3 Å². The zero-order valence-electron chi connectivity index (χ0n) is 20.9. The number of carbonyl (C=O) groups excluding carboxylic acids is 1. The second-order valence-electron chi connectivity index (χ2n) is 10.4. The van der Waals surface area contributed by atoms with Gasteiger partial charge in [0.15, 0.2) is 21.4 Å². The number of aliphatic hydroxyl groups is 1. The first-order chi connectivity index (χ1) is 16.7. The highest BCUT2D eigenvalue weighted by molar-refractivity contribution is 7.92. The van der Waals surface area contributed by atoms with Gasteiger partial charge < -0.3 is 9.84 Å². The average molecular weight is 520 g/mol. The van der Waals surface area contributed by atoms with Gasteiger partial charge in [0.2, 0.25) is 5.88 Å². The van der Waals surface area contributed by atoms with Crippen LogP contribution in [-0.2, 0) is 9.84 Å². The number of aromatic nitrogens is 3. The van der Waals surface area contributed by atoms with Gasteiger partial charge in [0.25, 0.3) is 0 Å². The Labute approximate surface area is 208 Å². The Kier molecular flexibility index (Phi) is 6.37. The number of halogens is 1. The summed E-state index contributed by atoms with van der Waals surface area (Å²) in [6, 6.07) is 5.23. The summed E-state index contributed by atoms with van der Waals surface area (Å²) in [7, 11) is -3.11. The van der Waals surface area contributed by atoms with Crippen molar-refractivity contribution < 1.29 is 27.4 Å². The molecule has 11 heteroatoms. The summed E-state index contributed by atoms with van der Waals surface area (Å²) in [5.74, 6) is -0.948. The Morgan fingerprint density at radius 3 is 2.53 bits per heavy atom. The molecule has 194 valence electrons. The predicted molar refractivity (Wildman–Crippen MR) is 133 cm³/mol. The summed E-state index contributed by atoms with van der Waals surface area (Å²) < 4.78 is 46.1. The Hall–Kier alpha value is -3.05. The summed E-state index contributed by atoms with van der Waals surface area (Å²) in [6.45, 7) is 8.59. The number of Topliss-reactive ketones (excluding diaryl/α,β-unsaturated/α-hetero) is 1. The number of fused-ring (bicyclic) bond motifs is 1. The molecule has 1 aliphatic heterocycles. The van der Waals surface area contributed by atoms with Gasteiger partial charge in [-0.05, 0) is 45.9 Å². The lowest BCUT2D eigenvalue weighted by atomic mass is 9.86. The van der Waals surface area contributed by atoms with Gasteiger partial charge in [-0.2, -0.15) is 0 Å². The number of nitrogens with zero attached hydrogens (tertiary/aromatic N) is 3. The highest BCUT2D eigenvalue weighted by Gasteiger charge is 2.45. The third-order valence-electron chi connectivity index (χ3n) is 6.67. The minimum atomic E-state index is -3.11. The number of sulfone groups is 1. The predicted octanol–water partition coefficient (Wildman–Crippen LogP) is 3.06. The summed E-state index contributed by atoms with van der Waals surface area (Å²) in [5.41, 5.74) is -1.66. The fourth-order valence-electron chi connectivity index (χ4n) is 4.73. The number of hydrogen-bond acceptors (Lipinski definition) is 7. The van der Waals surface area contributed by atoms with Gasteiger partial charge in [-0.3, -0.25) is 13.9 Å². The monoisotopic (exact) mass is 519 g/mol. The quantitative estimate of drug-likeness (QED) is 0.454. The second kappa shape index (κ2) is 8.81. The van der Waals surface area contributed by atoms with E-state index in [1.165, 1.54) is 21.3 Å². The molecule has 0 saturated carbocycles.